The molecule has 1 N–H and O–H groups in total. The summed E-state index contributed by atoms with van der Waals surface area (Å²) in [7, 11) is 1.54. The first-order valence-corrected chi connectivity index (χ1v) is 9.25. The summed E-state index contributed by atoms with van der Waals surface area (Å²) in [6, 6.07) is 3.85. The van der Waals surface area contributed by atoms with Gasteiger partial charge in [-0.1, -0.05) is 25.7 Å². The largest absolute Gasteiger partial charge is 0.870 e. The fraction of sp³-hybridized carbons (Fsp3) is 0.571. The number of hydrogen-bond acceptors (Lipinski definition) is 3. The zero-order valence-electron chi connectivity index (χ0n) is 15.7. The highest BCUT2D eigenvalue weighted by Crippen LogP contribution is 2.68. The summed E-state index contributed by atoms with van der Waals surface area (Å²) in [5, 5.41) is 12.0. The van der Waals surface area contributed by atoms with Gasteiger partial charge in [-0.2, -0.15) is 0 Å². The molecule has 1 aliphatic heterocycles. The Labute approximate surface area is 149 Å². The van der Waals surface area contributed by atoms with Gasteiger partial charge in [0.05, 0.1) is 19.2 Å². The molecule has 2 fully saturated rings. The number of ether oxygens (including phenoxy) is 1. The molecule has 1 aromatic carbocycles. The van der Waals surface area contributed by atoms with Gasteiger partial charge in [0.2, 0.25) is 0 Å². The van der Waals surface area contributed by atoms with Crippen molar-refractivity contribution in [2.45, 2.75) is 46.6 Å². The number of methoxy groups -OCH3 is 1. The molecule has 4 rings (SSSR count). The summed E-state index contributed by atoms with van der Waals surface area (Å²) in [5.74, 6) is 1.71. The molecule has 0 radical (unpaired) electrons. The average molecular weight is 341 g/mol. The fourth-order valence-electron chi connectivity index (χ4n) is 5.38. The maximum Gasteiger partial charge on any atom is 0.165 e. The minimum absolute atomic E-state index is 0.0412. The van der Waals surface area contributed by atoms with Crippen LogP contribution in [0.3, 0.4) is 0 Å². The first kappa shape index (κ1) is 16.6. The van der Waals surface area contributed by atoms with Gasteiger partial charge in [0.15, 0.2) is 5.78 Å². The van der Waals surface area contributed by atoms with Crippen LogP contribution in [0.1, 0.15) is 51.3 Å². The second-order valence-electron chi connectivity index (χ2n) is 8.52. The Bertz CT molecular complexity index is 793. The third kappa shape index (κ3) is 2.27. The third-order valence-electron chi connectivity index (χ3n) is 7.03. The van der Waals surface area contributed by atoms with E-state index in [1.54, 1.807) is 13.2 Å². The number of allylic oxidation sites excluding steroid dienone is 2. The molecule has 4 atom stereocenters. The van der Waals surface area contributed by atoms with Crippen LogP contribution < -0.4 is 14.7 Å². The molecular weight excluding hydrogens is 314 g/mol. The smallest absolute Gasteiger partial charge is 0.165 e. The van der Waals surface area contributed by atoms with Crippen molar-refractivity contribution in [2.24, 2.45) is 17.3 Å². The Kier molecular flexibility index (Phi) is 3.56. The average Bonchev–Trinajstić information content (AvgIpc) is 2.91. The topological polar surface area (TPSA) is 53.8 Å². The number of Topliss-reactive ketones (excluding diaryl/α,β-unsaturated/α-hetero) is 1. The zero-order chi connectivity index (χ0) is 18.1. The van der Waals surface area contributed by atoms with Gasteiger partial charge in [-0.05, 0) is 29.9 Å². The first-order chi connectivity index (χ1) is 11.8. The lowest BCUT2D eigenvalue weighted by molar-refractivity contribution is -0.894. The molecule has 134 valence electrons. The SMILES string of the molecule is COc1cc2c(cc1[O-])CC[NH+](C(C)=C1C(=O)CC3C1C3(C)C)C2C. The third-order valence-corrected chi connectivity index (χ3v) is 7.03. The van der Waals surface area contributed by atoms with E-state index in [-0.39, 0.29) is 17.2 Å². The van der Waals surface area contributed by atoms with E-state index in [1.807, 2.05) is 6.07 Å². The predicted molar refractivity (Wildman–Crippen MR) is 93.5 cm³/mol. The van der Waals surface area contributed by atoms with Gasteiger partial charge in [0, 0.05) is 31.2 Å². The summed E-state index contributed by atoms with van der Waals surface area (Å²) in [6.07, 6.45) is 1.58. The molecular formula is C21H27NO3. The minimum Gasteiger partial charge on any atom is -0.870 e. The van der Waals surface area contributed by atoms with Crippen LogP contribution in [-0.4, -0.2) is 19.4 Å². The summed E-state index contributed by atoms with van der Waals surface area (Å²) in [5.41, 5.74) is 4.89. The molecule has 2 saturated carbocycles. The van der Waals surface area contributed by atoms with Crippen LogP contribution in [0.4, 0.5) is 0 Å². The summed E-state index contributed by atoms with van der Waals surface area (Å²) in [6.45, 7) is 9.83. The highest BCUT2D eigenvalue weighted by atomic mass is 16.5. The Morgan fingerprint density at radius 1 is 1.36 bits per heavy atom. The normalized spacial score (nSPS) is 34.4. The van der Waals surface area contributed by atoms with Crippen molar-refractivity contribution >= 4 is 5.78 Å². The summed E-state index contributed by atoms with van der Waals surface area (Å²) < 4.78 is 5.24. The lowest BCUT2D eigenvalue weighted by atomic mass is 9.90. The van der Waals surface area contributed by atoms with Crippen molar-refractivity contribution in [1.29, 1.82) is 0 Å². The number of carbonyl (C=O) groups excluding carboxylic acids is 1. The van der Waals surface area contributed by atoms with Gasteiger partial charge in [-0.25, -0.2) is 0 Å². The minimum atomic E-state index is -0.0412. The second-order valence-corrected chi connectivity index (χ2v) is 8.52. The van der Waals surface area contributed by atoms with Crippen molar-refractivity contribution in [2.75, 3.05) is 13.7 Å². The van der Waals surface area contributed by atoms with Crippen molar-refractivity contribution in [3.63, 3.8) is 0 Å². The molecule has 0 amide bonds. The maximum absolute atomic E-state index is 12.6. The van der Waals surface area contributed by atoms with E-state index in [4.69, 9.17) is 4.74 Å². The molecule has 4 unspecified atom stereocenters. The van der Waals surface area contributed by atoms with Gasteiger partial charge in [0.25, 0.3) is 0 Å². The molecule has 1 aromatic rings. The number of quaternary nitrogens is 1. The van der Waals surface area contributed by atoms with Crippen LogP contribution in [-0.2, 0) is 11.2 Å². The van der Waals surface area contributed by atoms with Crippen molar-refractivity contribution in [3.05, 3.63) is 34.5 Å². The molecule has 0 aromatic heterocycles. The van der Waals surface area contributed by atoms with E-state index in [9.17, 15) is 9.90 Å². The second kappa shape index (κ2) is 5.34. The van der Waals surface area contributed by atoms with E-state index < -0.39 is 0 Å². The van der Waals surface area contributed by atoms with Crippen LogP contribution in [0, 0.1) is 17.3 Å². The van der Waals surface area contributed by atoms with Crippen molar-refractivity contribution in [3.8, 4) is 11.5 Å². The van der Waals surface area contributed by atoms with Gasteiger partial charge in [-0.3, -0.25) is 9.69 Å². The number of rotatable bonds is 2. The number of ketones is 1. The molecule has 0 bridgehead atoms. The van der Waals surface area contributed by atoms with Crippen molar-refractivity contribution < 1.29 is 19.5 Å². The summed E-state index contributed by atoms with van der Waals surface area (Å²) in [4.78, 5) is 13.9. The zero-order valence-corrected chi connectivity index (χ0v) is 15.7. The van der Waals surface area contributed by atoms with E-state index >= 15 is 0 Å². The van der Waals surface area contributed by atoms with Crippen LogP contribution >= 0.6 is 0 Å². The lowest BCUT2D eigenvalue weighted by Gasteiger charge is -2.34. The molecule has 0 saturated heterocycles. The van der Waals surface area contributed by atoms with Gasteiger partial charge < -0.3 is 9.84 Å². The molecule has 1 heterocycles. The van der Waals surface area contributed by atoms with E-state index in [0.717, 1.165) is 30.5 Å². The van der Waals surface area contributed by atoms with Crippen molar-refractivity contribution in [1.82, 2.24) is 0 Å². The molecule has 25 heavy (non-hydrogen) atoms. The van der Waals surface area contributed by atoms with Crippen LogP contribution in [0.15, 0.2) is 23.4 Å². The quantitative estimate of drug-likeness (QED) is 0.835. The summed E-state index contributed by atoms with van der Waals surface area (Å²) >= 11 is 0. The van der Waals surface area contributed by atoms with E-state index in [1.165, 1.54) is 16.2 Å². The van der Waals surface area contributed by atoms with Gasteiger partial charge >= 0.3 is 0 Å². The fourth-order valence-corrected chi connectivity index (χ4v) is 5.38. The Morgan fingerprint density at radius 2 is 2.08 bits per heavy atom. The number of hydrogen-bond donors (Lipinski definition) is 1. The first-order valence-electron chi connectivity index (χ1n) is 9.25. The predicted octanol–water partition coefficient (Wildman–Crippen LogP) is 1.79. The maximum atomic E-state index is 12.6. The lowest BCUT2D eigenvalue weighted by Crippen LogP contribution is -3.11. The van der Waals surface area contributed by atoms with E-state index in [2.05, 4.69) is 27.7 Å². The standard InChI is InChI=1S/C21H27NO3/c1-11-14-9-18(25-5)16(23)8-13(14)6-7-22(11)12(2)19-17(24)10-15-20(19)21(15,3)4/h8-9,11,15,20,23H,6-7,10H2,1-5H3. The molecule has 4 heteroatoms. The monoisotopic (exact) mass is 341 g/mol. The van der Waals surface area contributed by atoms with E-state index in [0.29, 0.717) is 23.4 Å². The van der Waals surface area contributed by atoms with Crippen LogP contribution in [0.2, 0.25) is 0 Å². The molecule has 0 spiro atoms. The Morgan fingerprint density at radius 3 is 2.72 bits per heavy atom. The Balaban J connectivity index is 1.71. The number of fused-ring (bicyclic) bond motifs is 2. The molecule has 2 aliphatic carbocycles. The van der Waals surface area contributed by atoms with Gasteiger partial charge in [-0.15, -0.1) is 0 Å². The van der Waals surface area contributed by atoms with Crippen LogP contribution in [0.5, 0.6) is 11.5 Å². The number of benzene rings is 1. The highest BCUT2D eigenvalue weighted by Gasteiger charge is 2.66. The number of carbonyl (C=O) groups is 1. The highest BCUT2D eigenvalue weighted by molar-refractivity contribution is 6.00. The molecule has 4 nitrogen and oxygen atoms in total. The van der Waals surface area contributed by atoms with Crippen LogP contribution in [0.25, 0.3) is 0 Å². The van der Waals surface area contributed by atoms with Gasteiger partial charge in [0.1, 0.15) is 17.5 Å². The number of nitrogens with one attached hydrogen (secondary N) is 1. The Hall–Kier alpha value is -1.81. The molecule has 3 aliphatic rings.